The van der Waals surface area contributed by atoms with Crippen molar-refractivity contribution in [2.45, 2.75) is 75.4 Å². The Hall–Kier alpha value is -0.220. The molecule has 1 saturated carbocycles. The van der Waals surface area contributed by atoms with Gasteiger partial charge in [0, 0.05) is 5.25 Å². The first-order chi connectivity index (χ1) is 10.2. The number of carbonyl (C=O) groups is 1. The van der Waals surface area contributed by atoms with E-state index in [0.29, 0.717) is 16.6 Å². The van der Waals surface area contributed by atoms with Gasteiger partial charge in [-0.25, -0.2) is 0 Å². The van der Waals surface area contributed by atoms with Crippen LogP contribution in [0.2, 0.25) is 0 Å². The average Bonchev–Trinajstić information content (AvgIpc) is 3.00. The van der Waals surface area contributed by atoms with Gasteiger partial charge in [-0.15, -0.1) is 11.8 Å². The van der Waals surface area contributed by atoms with Crippen LogP contribution in [0.25, 0.3) is 0 Å². The van der Waals surface area contributed by atoms with Crippen LogP contribution in [0.15, 0.2) is 0 Å². The molecule has 2 atom stereocenters. The van der Waals surface area contributed by atoms with Gasteiger partial charge in [0.25, 0.3) is 0 Å². The zero-order chi connectivity index (χ0) is 15.1. The Morgan fingerprint density at radius 2 is 1.95 bits per heavy atom. The lowest BCUT2D eigenvalue weighted by Gasteiger charge is -2.30. The molecule has 122 valence electrons. The van der Waals surface area contributed by atoms with E-state index in [1.165, 1.54) is 39.2 Å². The average molecular weight is 314 g/mol. The molecule has 0 amide bonds. The second kappa shape index (κ2) is 9.04. The molecule has 2 aliphatic rings. The van der Waals surface area contributed by atoms with Crippen molar-refractivity contribution in [1.82, 2.24) is 0 Å². The third-order valence-electron chi connectivity index (χ3n) is 4.84. The lowest BCUT2D eigenvalue weighted by molar-refractivity contribution is -0.147. The zero-order valence-electron chi connectivity index (χ0n) is 13.5. The molecule has 1 saturated heterocycles. The maximum Gasteiger partial charge on any atom is 0.308 e. The molecule has 2 fully saturated rings. The van der Waals surface area contributed by atoms with E-state index in [9.17, 15) is 4.79 Å². The Labute approximate surface area is 133 Å². The molecule has 4 heteroatoms. The van der Waals surface area contributed by atoms with Crippen molar-refractivity contribution >= 4 is 17.7 Å². The Morgan fingerprint density at radius 1 is 1.19 bits per heavy atom. The number of hydrogen-bond donors (Lipinski definition) is 0. The molecule has 2 rings (SSSR count). The molecule has 0 aromatic carbocycles. The Balaban J connectivity index is 1.65. The second-order valence-corrected chi connectivity index (χ2v) is 7.85. The summed E-state index contributed by atoms with van der Waals surface area (Å²) in [6.07, 6.45) is 10.8. The molecule has 0 aromatic heterocycles. The van der Waals surface area contributed by atoms with E-state index in [1.54, 1.807) is 0 Å². The molecule has 2 unspecified atom stereocenters. The van der Waals surface area contributed by atoms with Crippen LogP contribution < -0.4 is 0 Å². The summed E-state index contributed by atoms with van der Waals surface area (Å²) < 4.78 is 10.9. The summed E-state index contributed by atoms with van der Waals surface area (Å²) in [5.74, 6) is 0.737. The number of hydrogen-bond acceptors (Lipinski definition) is 4. The van der Waals surface area contributed by atoms with Crippen molar-refractivity contribution < 1.29 is 14.3 Å². The van der Waals surface area contributed by atoms with Crippen LogP contribution in [0.5, 0.6) is 0 Å². The number of ether oxygens (including phenoxy) is 2. The van der Waals surface area contributed by atoms with Crippen LogP contribution in [0.4, 0.5) is 0 Å². The summed E-state index contributed by atoms with van der Waals surface area (Å²) in [5, 5.41) is 0.699. The van der Waals surface area contributed by atoms with E-state index in [-0.39, 0.29) is 11.9 Å². The molecular weight excluding hydrogens is 284 g/mol. The highest BCUT2D eigenvalue weighted by atomic mass is 32.2. The van der Waals surface area contributed by atoms with Crippen molar-refractivity contribution in [2.75, 3.05) is 13.7 Å². The smallest absolute Gasteiger partial charge is 0.308 e. The first-order valence-electron chi connectivity index (χ1n) is 8.59. The molecule has 1 aliphatic heterocycles. The molecule has 0 N–H and O–H groups in total. The minimum absolute atomic E-state index is 0.0257. The minimum atomic E-state index is -0.0257. The summed E-state index contributed by atoms with van der Waals surface area (Å²) in [6.45, 7) is 3.19. The molecule has 0 spiro atoms. The van der Waals surface area contributed by atoms with Gasteiger partial charge in [0.2, 0.25) is 0 Å². The molecule has 0 aromatic rings. The van der Waals surface area contributed by atoms with E-state index < -0.39 is 0 Å². The maximum atomic E-state index is 11.6. The second-order valence-electron chi connectivity index (χ2n) is 6.44. The third kappa shape index (κ3) is 5.17. The normalized spacial score (nSPS) is 33.0. The topological polar surface area (TPSA) is 35.5 Å². The van der Waals surface area contributed by atoms with Crippen LogP contribution in [-0.4, -0.2) is 30.4 Å². The lowest BCUT2D eigenvalue weighted by Crippen LogP contribution is -2.27. The Morgan fingerprint density at radius 3 is 2.62 bits per heavy atom. The molecule has 21 heavy (non-hydrogen) atoms. The van der Waals surface area contributed by atoms with Gasteiger partial charge in [0.1, 0.15) is 5.44 Å². The lowest BCUT2D eigenvalue weighted by atomic mass is 9.82. The summed E-state index contributed by atoms with van der Waals surface area (Å²) >= 11 is 2.05. The van der Waals surface area contributed by atoms with E-state index in [0.717, 1.165) is 32.3 Å². The van der Waals surface area contributed by atoms with Crippen molar-refractivity contribution in [1.29, 1.82) is 0 Å². The number of esters is 1. The SMILES string of the molecule is CCCCCCC1COC(C2CCC(C(=O)OC)CC2)S1. The molecule has 0 radical (unpaired) electrons. The maximum absolute atomic E-state index is 11.6. The van der Waals surface area contributed by atoms with Gasteiger partial charge in [0.15, 0.2) is 0 Å². The van der Waals surface area contributed by atoms with E-state index in [1.807, 2.05) is 0 Å². The van der Waals surface area contributed by atoms with Gasteiger partial charge in [-0.2, -0.15) is 0 Å². The Bertz CT molecular complexity index is 313. The van der Waals surface area contributed by atoms with Gasteiger partial charge in [0.05, 0.1) is 19.6 Å². The first-order valence-corrected chi connectivity index (χ1v) is 9.53. The minimum Gasteiger partial charge on any atom is -0.469 e. The molecular formula is C17H30O3S. The largest absolute Gasteiger partial charge is 0.469 e. The summed E-state index contributed by atoms with van der Waals surface area (Å²) in [4.78, 5) is 11.6. The fraction of sp³-hybridized carbons (Fsp3) is 0.941. The first kappa shape index (κ1) is 17.1. The fourth-order valence-corrected chi connectivity index (χ4v) is 4.95. The summed E-state index contributed by atoms with van der Waals surface area (Å²) in [5.41, 5.74) is 0.375. The van der Waals surface area contributed by atoms with Crippen LogP contribution in [0.3, 0.4) is 0 Å². The van der Waals surface area contributed by atoms with Gasteiger partial charge in [-0.05, 0) is 38.0 Å². The quantitative estimate of drug-likeness (QED) is 0.515. The summed E-state index contributed by atoms with van der Waals surface area (Å²) in [6, 6.07) is 0. The molecule has 1 aliphatic carbocycles. The van der Waals surface area contributed by atoms with Crippen LogP contribution >= 0.6 is 11.8 Å². The van der Waals surface area contributed by atoms with Crippen LogP contribution in [0, 0.1) is 11.8 Å². The standard InChI is InChI=1S/C17H30O3S/c1-3-4-5-6-7-15-12-20-17(21-15)14-10-8-13(9-11-14)16(18)19-2/h13-15,17H,3-12H2,1-2H3. The summed E-state index contributed by atoms with van der Waals surface area (Å²) in [7, 11) is 1.49. The highest BCUT2D eigenvalue weighted by Crippen LogP contribution is 2.42. The Kier molecular flexibility index (Phi) is 7.38. The van der Waals surface area contributed by atoms with E-state index in [2.05, 4.69) is 18.7 Å². The van der Waals surface area contributed by atoms with Crippen LogP contribution in [-0.2, 0) is 14.3 Å². The van der Waals surface area contributed by atoms with Crippen LogP contribution in [0.1, 0.15) is 64.7 Å². The predicted octanol–water partition coefficient (Wildman–Crippen LogP) is 4.39. The van der Waals surface area contributed by atoms with Gasteiger partial charge < -0.3 is 9.47 Å². The molecule has 3 nitrogen and oxygen atoms in total. The van der Waals surface area contributed by atoms with Crippen molar-refractivity contribution in [2.24, 2.45) is 11.8 Å². The monoisotopic (exact) mass is 314 g/mol. The van der Waals surface area contributed by atoms with E-state index >= 15 is 0 Å². The molecule has 1 heterocycles. The van der Waals surface area contributed by atoms with Crippen molar-refractivity contribution in [3.63, 3.8) is 0 Å². The highest BCUT2D eigenvalue weighted by molar-refractivity contribution is 8.00. The zero-order valence-corrected chi connectivity index (χ0v) is 14.3. The molecule has 0 bridgehead atoms. The number of unbranched alkanes of at least 4 members (excludes halogenated alkanes) is 3. The number of methoxy groups -OCH3 is 1. The highest BCUT2D eigenvalue weighted by Gasteiger charge is 2.36. The number of thioether (sulfide) groups is 1. The van der Waals surface area contributed by atoms with Gasteiger partial charge in [-0.1, -0.05) is 32.6 Å². The van der Waals surface area contributed by atoms with Crippen molar-refractivity contribution in [3.05, 3.63) is 0 Å². The fourth-order valence-electron chi connectivity index (χ4n) is 3.46. The number of rotatable bonds is 7. The van der Waals surface area contributed by atoms with E-state index in [4.69, 9.17) is 9.47 Å². The van der Waals surface area contributed by atoms with Gasteiger partial charge in [-0.3, -0.25) is 4.79 Å². The predicted molar refractivity (Wildman–Crippen MR) is 87.3 cm³/mol. The number of carbonyl (C=O) groups excluding carboxylic acids is 1. The van der Waals surface area contributed by atoms with Gasteiger partial charge >= 0.3 is 5.97 Å². The third-order valence-corrected chi connectivity index (χ3v) is 6.39. The van der Waals surface area contributed by atoms with Crippen molar-refractivity contribution in [3.8, 4) is 0 Å².